The molecule has 1 aromatic heterocycles. The monoisotopic (exact) mass is 362 g/mol. The largest absolute Gasteiger partial charge is 0.731 e. The van der Waals surface area contributed by atoms with Crippen LogP contribution >= 0.6 is 0 Å². The van der Waals surface area contributed by atoms with Crippen LogP contribution in [0.2, 0.25) is 0 Å². The molecule has 1 unspecified atom stereocenters. The second kappa shape index (κ2) is 7.14. The molecular weight excluding hydrogens is 342 g/mol. The molecule has 2 heterocycles. The van der Waals surface area contributed by atoms with Crippen molar-refractivity contribution in [3.63, 3.8) is 0 Å². The van der Waals surface area contributed by atoms with Gasteiger partial charge in [0.05, 0.1) is 27.0 Å². The van der Waals surface area contributed by atoms with Crippen LogP contribution in [0.1, 0.15) is 23.8 Å². The zero-order valence-electron chi connectivity index (χ0n) is 14.9. The standard InChI is InChI=1S/C17H20N3O6/c1-19-12(13-5-6-16(26-13)20(21)22)9-11(18-19)10-7-14(23-2)17(25-4)15(8-10)24-3/h5-8,12,21H,9H2,1-4H3/q-1. The van der Waals surface area contributed by atoms with Gasteiger partial charge in [-0.05, 0) is 18.2 Å². The Kier molecular flexibility index (Phi) is 4.92. The van der Waals surface area contributed by atoms with E-state index in [-0.39, 0.29) is 17.2 Å². The minimum atomic E-state index is -0.306. The molecule has 0 radical (unpaired) electrons. The van der Waals surface area contributed by atoms with Crippen LogP contribution in [0.25, 0.3) is 0 Å². The van der Waals surface area contributed by atoms with Crippen molar-refractivity contribution in [3.05, 3.63) is 40.8 Å². The summed E-state index contributed by atoms with van der Waals surface area (Å²) >= 11 is 0. The highest BCUT2D eigenvalue weighted by Gasteiger charge is 2.30. The second-order valence-corrected chi connectivity index (χ2v) is 5.70. The summed E-state index contributed by atoms with van der Waals surface area (Å²) in [6.45, 7) is 0. The Balaban J connectivity index is 1.90. The summed E-state index contributed by atoms with van der Waals surface area (Å²) < 4.78 is 21.5. The number of hydrogen-bond donors (Lipinski definition) is 1. The van der Waals surface area contributed by atoms with E-state index in [1.807, 2.05) is 19.2 Å². The van der Waals surface area contributed by atoms with E-state index in [0.717, 1.165) is 11.3 Å². The van der Waals surface area contributed by atoms with Crippen molar-refractivity contribution in [1.82, 2.24) is 5.01 Å². The van der Waals surface area contributed by atoms with Gasteiger partial charge in [0.15, 0.2) is 11.5 Å². The van der Waals surface area contributed by atoms with Gasteiger partial charge in [-0.15, -0.1) is 0 Å². The fourth-order valence-electron chi connectivity index (χ4n) is 2.95. The molecule has 0 aliphatic carbocycles. The van der Waals surface area contributed by atoms with Gasteiger partial charge >= 0.3 is 0 Å². The van der Waals surface area contributed by atoms with E-state index in [1.54, 1.807) is 32.4 Å². The van der Waals surface area contributed by atoms with Crippen LogP contribution < -0.4 is 19.4 Å². The van der Waals surface area contributed by atoms with E-state index in [1.165, 1.54) is 6.07 Å². The van der Waals surface area contributed by atoms with E-state index in [0.29, 0.717) is 29.4 Å². The summed E-state index contributed by atoms with van der Waals surface area (Å²) in [6.07, 6.45) is 0.548. The predicted octanol–water partition coefficient (Wildman–Crippen LogP) is 2.78. The van der Waals surface area contributed by atoms with Crippen molar-refractivity contribution >= 4 is 11.6 Å². The Hall–Kier alpha value is -2.91. The Morgan fingerprint density at radius 1 is 1.19 bits per heavy atom. The van der Waals surface area contributed by atoms with E-state index < -0.39 is 0 Å². The molecule has 1 aliphatic heterocycles. The highest BCUT2D eigenvalue weighted by Crippen LogP contribution is 2.40. The van der Waals surface area contributed by atoms with Crippen LogP contribution in [0.4, 0.5) is 5.88 Å². The molecule has 1 aromatic carbocycles. The first kappa shape index (κ1) is 17.9. The van der Waals surface area contributed by atoms with Crippen molar-refractivity contribution in [3.8, 4) is 17.2 Å². The normalized spacial score (nSPS) is 16.5. The number of methoxy groups -OCH3 is 3. The molecule has 1 aliphatic rings. The second-order valence-electron chi connectivity index (χ2n) is 5.70. The van der Waals surface area contributed by atoms with Gasteiger partial charge in [-0.3, -0.25) is 15.4 Å². The lowest BCUT2D eigenvalue weighted by Crippen LogP contribution is -2.13. The van der Waals surface area contributed by atoms with Gasteiger partial charge in [0.1, 0.15) is 11.8 Å². The van der Waals surface area contributed by atoms with E-state index in [4.69, 9.17) is 23.8 Å². The van der Waals surface area contributed by atoms with E-state index in [2.05, 4.69) is 5.10 Å². The zero-order valence-corrected chi connectivity index (χ0v) is 14.9. The third-order valence-corrected chi connectivity index (χ3v) is 4.24. The number of rotatable bonds is 6. The van der Waals surface area contributed by atoms with E-state index >= 15 is 0 Å². The van der Waals surface area contributed by atoms with Crippen molar-refractivity contribution in [1.29, 1.82) is 0 Å². The lowest BCUT2D eigenvalue weighted by atomic mass is 10.0. The average molecular weight is 362 g/mol. The molecule has 0 fully saturated rings. The van der Waals surface area contributed by atoms with Crippen LogP contribution in [-0.4, -0.2) is 44.3 Å². The minimum absolute atomic E-state index is 0.172. The predicted molar refractivity (Wildman–Crippen MR) is 94.1 cm³/mol. The lowest BCUT2D eigenvalue weighted by molar-refractivity contribution is 0.236. The maximum atomic E-state index is 10.9. The summed E-state index contributed by atoms with van der Waals surface area (Å²) in [5.74, 6) is 1.95. The smallest absolute Gasteiger partial charge is 0.209 e. The zero-order chi connectivity index (χ0) is 18.8. The average Bonchev–Trinajstić information content (AvgIpc) is 3.27. The van der Waals surface area contributed by atoms with Crippen molar-refractivity contribution in [2.75, 3.05) is 33.6 Å². The van der Waals surface area contributed by atoms with Gasteiger partial charge < -0.3 is 23.8 Å². The van der Waals surface area contributed by atoms with Gasteiger partial charge in [-0.1, -0.05) is 0 Å². The Labute approximate surface area is 150 Å². The van der Waals surface area contributed by atoms with Gasteiger partial charge in [0, 0.05) is 25.1 Å². The van der Waals surface area contributed by atoms with Crippen LogP contribution in [0, 0.1) is 5.21 Å². The minimum Gasteiger partial charge on any atom is -0.731 e. The molecule has 0 saturated carbocycles. The fraction of sp³-hybridized carbons (Fsp3) is 0.353. The number of hydrogen-bond acceptors (Lipinski definition) is 9. The first-order valence-corrected chi connectivity index (χ1v) is 7.85. The summed E-state index contributed by atoms with van der Waals surface area (Å²) in [4.78, 5) is 0. The Morgan fingerprint density at radius 2 is 1.85 bits per heavy atom. The van der Waals surface area contributed by atoms with Crippen molar-refractivity contribution < 1.29 is 23.8 Å². The molecule has 0 bridgehead atoms. The molecule has 9 heteroatoms. The van der Waals surface area contributed by atoms with Gasteiger partial charge in [-0.25, -0.2) is 0 Å². The van der Waals surface area contributed by atoms with Crippen LogP contribution in [-0.2, 0) is 0 Å². The third-order valence-electron chi connectivity index (χ3n) is 4.24. The lowest BCUT2D eigenvalue weighted by Gasteiger charge is -2.19. The van der Waals surface area contributed by atoms with Gasteiger partial charge in [0.2, 0.25) is 11.6 Å². The molecule has 9 nitrogen and oxygen atoms in total. The molecule has 3 rings (SSSR count). The first-order chi connectivity index (χ1) is 12.5. The fourth-order valence-corrected chi connectivity index (χ4v) is 2.95. The van der Waals surface area contributed by atoms with Crippen molar-refractivity contribution in [2.24, 2.45) is 5.10 Å². The highest BCUT2D eigenvalue weighted by atomic mass is 16.8. The van der Waals surface area contributed by atoms with Crippen LogP contribution in [0.3, 0.4) is 0 Å². The number of nitrogens with zero attached hydrogens (tertiary/aromatic N) is 3. The summed E-state index contributed by atoms with van der Waals surface area (Å²) in [5.41, 5.74) is 1.63. The number of furan rings is 1. The number of benzene rings is 1. The van der Waals surface area contributed by atoms with Gasteiger partial charge in [-0.2, -0.15) is 5.10 Å². The quantitative estimate of drug-likeness (QED) is 0.783. The van der Waals surface area contributed by atoms with Crippen LogP contribution in [0.15, 0.2) is 33.8 Å². The molecule has 2 aromatic rings. The van der Waals surface area contributed by atoms with Crippen molar-refractivity contribution in [2.45, 2.75) is 12.5 Å². The molecule has 0 amide bonds. The summed E-state index contributed by atoms with van der Waals surface area (Å²) in [5, 5.41) is 25.9. The highest BCUT2D eigenvalue weighted by molar-refractivity contribution is 6.02. The molecule has 0 spiro atoms. The molecule has 140 valence electrons. The van der Waals surface area contributed by atoms with Crippen LogP contribution in [0.5, 0.6) is 17.2 Å². The number of anilines is 1. The Bertz CT molecular complexity index is 792. The maximum absolute atomic E-state index is 10.9. The summed E-state index contributed by atoms with van der Waals surface area (Å²) in [7, 11) is 6.47. The maximum Gasteiger partial charge on any atom is 0.209 e. The number of hydrazone groups is 1. The number of ether oxygens (including phenoxy) is 3. The van der Waals surface area contributed by atoms with E-state index in [9.17, 15) is 5.21 Å². The Morgan fingerprint density at radius 3 is 2.35 bits per heavy atom. The van der Waals surface area contributed by atoms with Gasteiger partial charge in [0.25, 0.3) is 0 Å². The SMILES string of the molecule is COc1cc(C2=NN(C)C(c3ccc(N([O-])O)o3)C2)cc(OC)c1OC. The first-order valence-electron chi connectivity index (χ1n) is 7.85. The molecular formula is C17H20N3O6-. The topological polar surface area (TPSA) is 103 Å². The molecule has 26 heavy (non-hydrogen) atoms. The molecule has 1 atom stereocenters. The summed E-state index contributed by atoms with van der Waals surface area (Å²) in [6, 6.07) is 6.52. The third kappa shape index (κ3) is 3.14. The molecule has 0 saturated heterocycles. The molecule has 1 N–H and O–H groups in total.